The molecule has 1 aliphatic rings. The van der Waals surface area contributed by atoms with Crippen LogP contribution < -0.4 is 11.3 Å². The number of piperidine rings is 1. The molecule has 1 aliphatic heterocycles. The largest absolute Gasteiger partial charge is 0.339 e. The Kier molecular flexibility index (Phi) is 4.39. The standard InChI is InChI=1S/C11H24N4/c1-8(2)13-11(14-12)15-7-9(3)5-6-10(15)4/h8-10H,5-7,12H2,1-4H3,(H,13,14). The zero-order valence-electron chi connectivity index (χ0n) is 10.3. The van der Waals surface area contributed by atoms with Gasteiger partial charge in [-0.25, -0.2) is 10.8 Å². The van der Waals surface area contributed by atoms with Crippen LogP contribution in [0.5, 0.6) is 0 Å². The van der Waals surface area contributed by atoms with Crippen molar-refractivity contribution >= 4 is 5.96 Å². The molecule has 0 aliphatic carbocycles. The molecule has 0 bridgehead atoms. The van der Waals surface area contributed by atoms with Gasteiger partial charge >= 0.3 is 0 Å². The Hall–Kier alpha value is -0.770. The Labute approximate surface area is 92.9 Å². The van der Waals surface area contributed by atoms with Crippen LogP contribution in [0.15, 0.2) is 4.99 Å². The van der Waals surface area contributed by atoms with Crippen molar-refractivity contribution in [1.82, 2.24) is 10.3 Å². The first-order chi connectivity index (χ1) is 7.04. The van der Waals surface area contributed by atoms with Crippen LogP contribution in [0.2, 0.25) is 0 Å². The van der Waals surface area contributed by atoms with Gasteiger partial charge in [0.05, 0.1) is 0 Å². The van der Waals surface area contributed by atoms with Gasteiger partial charge in [-0.05, 0) is 39.5 Å². The Morgan fingerprint density at radius 1 is 1.40 bits per heavy atom. The van der Waals surface area contributed by atoms with E-state index in [1.54, 1.807) is 0 Å². The Bertz CT molecular complexity index is 225. The highest BCUT2D eigenvalue weighted by atomic mass is 15.4. The van der Waals surface area contributed by atoms with Gasteiger partial charge in [0.15, 0.2) is 0 Å². The van der Waals surface area contributed by atoms with E-state index in [4.69, 9.17) is 5.84 Å². The fourth-order valence-corrected chi connectivity index (χ4v) is 2.02. The van der Waals surface area contributed by atoms with Crippen molar-refractivity contribution < 1.29 is 0 Å². The van der Waals surface area contributed by atoms with Gasteiger partial charge in [-0.3, -0.25) is 5.43 Å². The molecule has 1 saturated heterocycles. The third kappa shape index (κ3) is 3.38. The maximum Gasteiger partial charge on any atom is 0.208 e. The van der Waals surface area contributed by atoms with Gasteiger partial charge in [0.25, 0.3) is 0 Å². The summed E-state index contributed by atoms with van der Waals surface area (Å²) in [6.45, 7) is 9.70. The molecule has 15 heavy (non-hydrogen) atoms. The van der Waals surface area contributed by atoms with Crippen molar-refractivity contribution in [3.05, 3.63) is 0 Å². The molecule has 2 atom stereocenters. The zero-order chi connectivity index (χ0) is 11.4. The molecule has 0 aromatic rings. The third-order valence-corrected chi connectivity index (χ3v) is 2.90. The van der Waals surface area contributed by atoms with Gasteiger partial charge in [-0.2, -0.15) is 0 Å². The molecule has 2 unspecified atom stereocenters. The molecule has 3 N–H and O–H groups in total. The smallest absolute Gasteiger partial charge is 0.208 e. The first kappa shape index (κ1) is 12.3. The van der Waals surface area contributed by atoms with Gasteiger partial charge < -0.3 is 4.90 Å². The normalized spacial score (nSPS) is 28.4. The van der Waals surface area contributed by atoms with Crippen LogP contribution in [0.25, 0.3) is 0 Å². The van der Waals surface area contributed by atoms with Gasteiger partial charge in [-0.1, -0.05) is 6.92 Å². The van der Waals surface area contributed by atoms with Crippen molar-refractivity contribution in [2.75, 3.05) is 6.54 Å². The topological polar surface area (TPSA) is 53.6 Å². The molecule has 0 amide bonds. The lowest BCUT2D eigenvalue weighted by Crippen LogP contribution is -2.52. The molecule has 1 rings (SSSR count). The quantitative estimate of drug-likeness (QED) is 0.298. The average molecular weight is 212 g/mol. The lowest BCUT2D eigenvalue weighted by molar-refractivity contribution is 0.200. The number of hydrogen-bond acceptors (Lipinski definition) is 2. The predicted molar refractivity (Wildman–Crippen MR) is 64.5 cm³/mol. The molecule has 4 nitrogen and oxygen atoms in total. The minimum absolute atomic E-state index is 0.278. The summed E-state index contributed by atoms with van der Waals surface area (Å²) in [4.78, 5) is 6.80. The lowest BCUT2D eigenvalue weighted by Gasteiger charge is -2.38. The molecule has 88 valence electrons. The fraction of sp³-hybridized carbons (Fsp3) is 0.909. The van der Waals surface area contributed by atoms with Crippen LogP contribution in [0.4, 0.5) is 0 Å². The van der Waals surface area contributed by atoms with Gasteiger partial charge in [0.2, 0.25) is 5.96 Å². The van der Waals surface area contributed by atoms with Crippen LogP contribution in [0, 0.1) is 5.92 Å². The van der Waals surface area contributed by atoms with Crippen LogP contribution in [0.1, 0.15) is 40.5 Å². The summed E-state index contributed by atoms with van der Waals surface area (Å²) < 4.78 is 0. The molecular weight excluding hydrogens is 188 g/mol. The predicted octanol–water partition coefficient (Wildman–Crippen LogP) is 1.33. The van der Waals surface area contributed by atoms with E-state index in [1.165, 1.54) is 12.8 Å². The maximum absolute atomic E-state index is 5.54. The first-order valence-corrected chi connectivity index (χ1v) is 5.85. The number of likely N-dealkylation sites (tertiary alicyclic amines) is 1. The molecule has 4 heteroatoms. The molecule has 0 aromatic heterocycles. The van der Waals surface area contributed by atoms with Crippen LogP contribution in [0.3, 0.4) is 0 Å². The number of nitrogens with zero attached hydrogens (tertiary/aromatic N) is 2. The summed E-state index contributed by atoms with van der Waals surface area (Å²) in [5, 5.41) is 0. The average Bonchev–Trinajstić information content (AvgIpc) is 2.18. The fourth-order valence-electron chi connectivity index (χ4n) is 2.02. The van der Waals surface area contributed by atoms with E-state index in [9.17, 15) is 0 Å². The van der Waals surface area contributed by atoms with Crippen molar-refractivity contribution in [3.8, 4) is 0 Å². The van der Waals surface area contributed by atoms with E-state index in [0.29, 0.717) is 6.04 Å². The van der Waals surface area contributed by atoms with Crippen molar-refractivity contribution in [2.45, 2.75) is 52.6 Å². The van der Waals surface area contributed by atoms with E-state index < -0.39 is 0 Å². The highest BCUT2D eigenvalue weighted by Gasteiger charge is 2.25. The third-order valence-electron chi connectivity index (χ3n) is 2.90. The molecule has 0 spiro atoms. The Morgan fingerprint density at radius 3 is 2.60 bits per heavy atom. The number of rotatable bonds is 1. The number of guanidine groups is 1. The second-order valence-electron chi connectivity index (χ2n) is 4.87. The lowest BCUT2D eigenvalue weighted by atomic mass is 9.95. The monoisotopic (exact) mass is 212 g/mol. The Balaban J connectivity index is 2.73. The summed E-state index contributed by atoms with van der Waals surface area (Å²) in [6, 6.07) is 0.815. The van der Waals surface area contributed by atoms with E-state index in [2.05, 4.69) is 43.0 Å². The molecule has 1 fully saturated rings. The second-order valence-corrected chi connectivity index (χ2v) is 4.87. The van der Waals surface area contributed by atoms with Gasteiger partial charge in [0, 0.05) is 18.6 Å². The minimum Gasteiger partial charge on any atom is -0.339 e. The summed E-state index contributed by atoms with van der Waals surface area (Å²) in [5.41, 5.74) is 2.73. The molecular formula is C11H24N4. The summed E-state index contributed by atoms with van der Waals surface area (Å²) in [7, 11) is 0. The number of aliphatic imine (C=N–C) groups is 1. The summed E-state index contributed by atoms with van der Waals surface area (Å²) >= 11 is 0. The van der Waals surface area contributed by atoms with Gasteiger partial charge in [-0.15, -0.1) is 0 Å². The van der Waals surface area contributed by atoms with Crippen LogP contribution in [-0.4, -0.2) is 29.5 Å². The minimum atomic E-state index is 0.278. The molecule has 0 radical (unpaired) electrons. The van der Waals surface area contributed by atoms with Gasteiger partial charge in [0.1, 0.15) is 0 Å². The van der Waals surface area contributed by atoms with E-state index in [0.717, 1.165) is 18.4 Å². The number of hydrogen-bond donors (Lipinski definition) is 2. The van der Waals surface area contributed by atoms with Crippen molar-refractivity contribution in [2.24, 2.45) is 16.8 Å². The highest BCUT2D eigenvalue weighted by molar-refractivity contribution is 5.80. The first-order valence-electron chi connectivity index (χ1n) is 5.85. The number of nitrogens with two attached hydrogens (primary N) is 1. The van der Waals surface area contributed by atoms with E-state index >= 15 is 0 Å². The van der Waals surface area contributed by atoms with Crippen LogP contribution in [-0.2, 0) is 0 Å². The zero-order valence-corrected chi connectivity index (χ0v) is 10.3. The Morgan fingerprint density at radius 2 is 2.07 bits per heavy atom. The van der Waals surface area contributed by atoms with E-state index in [-0.39, 0.29) is 6.04 Å². The molecule has 0 aromatic carbocycles. The molecule has 0 saturated carbocycles. The maximum atomic E-state index is 5.54. The second kappa shape index (κ2) is 5.35. The van der Waals surface area contributed by atoms with Crippen LogP contribution >= 0.6 is 0 Å². The number of hydrazine groups is 1. The summed E-state index contributed by atoms with van der Waals surface area (Å²) in [6.07, 6.45) is 2.52. The van der Waals surface area contributed by atoms with Crippen molar-refractivity contribution in [1.29, 1.82) is 0 Å². The van der Waals surface area contributed by atoms with E-state index in [1.807, 2.05) is 0 Å². The number of nitrogens with one attached hydrogen (secondary N) is 1. The molecule has 1 heterocycles. The summed E-state index contributed by atoms with van der Waals surface area (Å²) in [5.74, 6) is 7.10. The SMILES string of the molecule is CC1CCC(C)N(C(=NC(C)C)NN)C1. The van der Waals surface area contributed by atoms with Crippen molar-refractivity contribution in [3.63, 3.8) is 0 Å². The highest BCUT2D eigenvalue weighted by Crippen LogP contribution is 2.21.